The minimum Gasteiger partial charge on any atom is -0.460 e. The van der Waals surface area contributed by atoms with E-state index in [0.29, 0.717) is 47.1 Å². The molecule has 0 radical (unpaired) electrons. The standard InChI is InChI=1S/C29H31Cl2N3O4S/c1-29(2,3)38-24(36)16-22(20-5-4-11-32-17-20)28(37)33-21-8-12-34(13-9-21)23(35)7-6-18-15-19-10-14-39-27(19)26(31)25(18)30/h4-7,10-11,14-15,17,21-22H,8-9,12-13,16H2,1-3H3,(H,33,37). The summed E-state index contributed by atoms with van der Waals surface area (Å²) in [6, 6.07) is 7.29. The zero-order valence-electron chi connectivity index (χ0n) is 22.1. The fourth-order valence-electron chi connectivity index (χ4n) is 4.50. The fourth-order valence-corrected chi connectivity index (χ4v) is 5.94. The van der Waals surface area contributed by atoms with Gasteiger partial charge in [0.15, 0.2) is 0 Å². The lowest BCUT2D eigenvalue weighted by Gasteiger charge is -2.32. The fraction of sp³-hybridized carbons (Fsp3) is 0.379. The second kappa shape index (κ2) is 12.5. The van der Waals surface area contributed by atoms with Crippen molar-refractivity contribution in [2.75, 3.05) is 13.1 Å². The van der Waals surface area contributed by atoms with Crippen LogP contribution in [0.5, 0.6) is 0 Å². The minimum absolute atomic E-state index is 0.0827. The molecule has 1 N–H and O–H groups in total. The van der Waals surface area contributed by atoms with Crippen LogP contribution < -0.4 is 5.32 Å². The van der Waals surface area contributed by atoms with Crippen LogP contribution in [-0.4, -0.2) is 52.4 Å². The Morgan fingerprint density at radius 3 is 2.62 bits per heavy atom. The summed E-state index contributed by atoms with van der Waals surface area (Å²) in [5.74, 6) is -1.55. The van der Waals surface area contributed by atoms with E-state index in [1.807, 2.05) is 17.5 Å². The Bertz CT molecular complexity index is 1380. The van der Waals surface area contributed by atoms with Crippen molar-refractivity contribution >= 4 is 68.5 Å². The van der Waals surface area contributed by atoms with Crippen molar-refractivity contribution < 1.29 is 19.1 Å². The van der Waals surface area contributed by atoms with Crippen LogP contribution in [0.2, 0.25) is 10.0 Å². The average molecular weight is 589 g/mol. The number of pyridine rings is 1. The van der Waals surface area contributed by atoms with Crippen molar-refractivity contribution in [3.05, 3.63) is 69.3 Å². The summed E-state index contributed by atoms with van der Waals surface area (Å²) in [7, 11) is 0. The highest BCUT2D eigenvalue weighted by Crippen LogP contribution is 2.37. The number of likely N-dealkylation sites (tertiary alicyclic amines) is 1. The van der Waals surface area contributed by atoms with Gasteiger partial charge in [0.05, 0.1) is 27.1 Å². The summed E-state index contributed by atoms with van der Waals surface area (Å²) in [6.45, 7) is 6.37. The first-order valence-corrected chi connectivity index (χ1v) is 14.4. The van der Waals surface area contributed by atoms with Crippen LogP contribution in [0, 0.1) is 0 Å². The third-order valence-corrected chi connectivity index (χ3v) is 8.35. The first-order chi connectivity index (χ1) is 18.5. The Hall–Kier alpha value is -2.94. The number of esters is 1. The Balaban J connectivity index is 1.35. The van der Waals surface area contributed by atoms with Crippen LogP contribution in [0.4, 0.5) is 0 Å². The smallest absolute Gasteiger partial charge is 0.307 e. The van der Waals surface area contributed by atoms with Gasteiger partial charge in [0.1, 0.15) is 5.60 Å². The average Bonchev–Trinajstić information content (AvgIpc) is 3.37. The number of carbonyl (C=O) groups is 3. The van der Waals surface area contributed by atoms with E-state index in [2.05, 4.69) is 10.3 Å². The maximum atomic E-state index is 13.3. The number of halogens is 2. The quantitative estimate of drug-likeness (QED) is 0.261. The van der Waals surface area contributed by atoms with Gasteiger partial charge in [-0.1, -0.05) is 29.3 Å². The van der Waals surface area contributed by atoms with Gasteiger partial charge in [-0.2, -0.15) is 0 Å². The highest BCUT2D eigenvalue weighted by atomic mass is 35.5. The Morgan fingerprint density at radius 2 is 1.95 bits per heavy atom. The number of nitrogens with zero attached hydrogens (tertiary/aromatic N) is 2. The highest BCUT2D eigenvalue weighted by Gasteiger charge is 2.30. The third-order valence-electron chi connectivity index (χ3n) is 6.40. The molecule has 1 unspecified atom stereocenters. The van der Waals surface area contributed by atoms with Crippen molar-refractivity contribution in [3.8, 4) is 0 Å². The van der Waals surface area contributed by atoms with Gasteiger partial charge in [0.25, 0.3) is 0 Å². The molecule has 2 aromatic heterocycles. The third kappa shape index (κ3) is 7.59. The van der Waals surface area contributed by atoms with Gasteiger partial charge in [0.2, 0.25) is 11.8 Å². The lowest BCUT2D eigenvalue weighted by atomic mass is 9.94. The van der Waals surface area contributed by atoms with Gasteiger partial charge >= 0.3 is 5.97 Å². The zero-order valence-corrected chi connectivity index (χ0v) is 24.4. The molecule has 206 valence electrons. The molecule has 39 heavy (non-hydrogen) atoms. The molecule has 7 nitrogen and oxygen atoms in total. The number of fused-ring (bicyclic) bond motifs is 1. The predicted molar refractivity (Wildman–Crippen MR) is 156 cm³/mol. The first kappa shape index (κ1) is 29.1. The van der Waals surface area contributed by atoms with E-state index in [1.165, 1.54) is 17.4 Å². The molecule has 0 bridgehead atoms. The van der Waals surface area contributed by atoms with E-state index < -0.39 is 17.5 Å². The molecule has 0 aliphatic carbocycles. The number of hydrogen-bond donors (Lipinski definition) is 1. The van der Waals surface area contributed by atoms with Gasteiger partial charge in [-0.15, -0.1) is 11.3 Å². The van der Waals surface area contributed by atoms with E-state index in [9.17, 15) is 14.4 Å². The molecule has 1 aliphatic rings. The molecule has 10 heteroatoms. The molecule has 3 aromatic rings. The zero-order chi connectivity index (χ0) is 28.2. The largest absolute Gasteiger partial charge is 0.460 e. The van der Waals surface area contributed by atoms with E-state index in [1.54, 1.807) is 56.3 Å². The Morgan fingerprint density at radius 1 is 1.21 bits per heavy atom. The Labute approximate surface area is 242 Å². The van der Waals surface area contributed by atoms with Crippen LogP contribution in [0.25, 0.3) is 16.2 Å². The molecule has 1 aromatic carbocycles. The Kier molecular flexibility index (Phi) is 9.31. The number of hydrogen-bond acceptors (Lipinski definition) is 6. The molecular formula is C29H31Cl2N3O4S. The van der Waals surface area contributed by atoms with Crippen molar-refractivity contribution in [1.29, 1.82) is 0 Å². The normalized spacial score (nSPS) is 15.5. The number of thiophene rings is 1. The second-order valence-corrected chi connectivity index (χ2v) is 12.2. The van der Waals surface area contributed by atoms with Crippen LogP contribution in [0.3, 0.4) is 0 Å². The van der Waals surface area contributed by atoms with Gasteiger partial charge in [-0.3, -0.25) is 19.4 Å². The lowest BCUT2D eigenvalue weighted by Crippen LogP contribution is -2.47. The maximum Gasteiger partial charge on any atom is 0.307 e. The van der Waals surface area contributed by atoms with Crippen molar-refractivity contribution in [1.82, 2.24) is 15.2 Å². The number of benzene rings is 1. The van der Waals surface area contributed by atoms with E-state index in [4.69, 9.17) is 27.9 Å². The second-order valence-electron chi connectivity index (χ2n) is 10.5. The van der Waals surface area contributed by atoms with Gasteiger partial charge < -0.3 is 15.0 Å². The van der Waals surface area contributed by atoms with E-state index in [-0.39, 0.29) is 24.3 Å². The monoisotopic (exact) mass is 587 g/mol. The SMILES string of the molecule is CC(C)(C)OC(=O)CC(C(=O)NC1CCN(C(=O)C=Cc2cc3ccsc3c(Cl)c2Cl)CC1)c1cccnc1. The number of aromatic nitrogens is 1. The van der Waals surface area contributed by atoms with Crippen molar-refractivity contribution in [2.45, 2.75) is 57.6 Å². The minimum atomic E-state index is -0.715. The van der Waals surface area contributed by atoms with Crippen LogP contribution >= 0.6 is 34.5 Å². The number of nitrogens with one attached hydrogen (secondary N) is 1. The summed E-state index contributed by atoms with van der Waals surface area (Å²) < 4.78 is 6.37. The van der Waals surface area contributed by atoms with Gasteiger partial charge in [-0.05, 0) is 79.8 Å². The van der Waals surface area contributed by atoms with Crippen molar-refractivity contribution in [2.24, 2.45) is 0 Å². The summed E-state index contributed by atoms with van der Waals surface area (Å²) in [6.07, 6.45) is 7.54. The van der Waals surface area contributed by atoms with E-state index in [0.717, 1.165) is 10.1 Å². The summed E-state index contributed by atoms with van der Waals surface area (Å²) in [5.41, 5.74) is 0.697. The number of ether oxygens (including phenoxy) is 1. The molecule has 3 heterocycles. The maximum absolute atomic E-state index is 13.3. The molecule has 1 fully saturated rings. The van der Waals surface area contributed by atoms with Gasteiger partial charge in [-0.25, -0.2) is 0 Å². The molecule has 4 rings (SSSR count). The predicted octanol–water partition coefficient (Wildman–Crippen LogP) is 6.24. The molecule has 0 saturated carbocycles. The first-order valence-electron chi connectivity index (χ1n) is 12.8. The summed E-state index contributed by atoms with van der Waals surface area (Å²) in [5, 5.41) is 6.91. The topological polar surface area (TPSA) is 88.6 Å². The number of amides is 2. The van der Waals surface area contributed by atoms with Crippen LogP contribution in [-0.2, 0) is 19.1 Å². The summed E-state index contributed by atoms with van der Waals surface area (Å²) in [4.78, 5) is 44.5. The van der Waals surface area contributed by atoms with E-state index >= 15 is 0 Å². The number of rotatable bonds is 7. The molecule has 1 atom stereocenters. The molecule has 1 aliphatic heterocycles. The number of piperidine rings is 1. The summed E-state index contributed by atoms with van der Waals surface area (Å²) >= 11 is 14.3. The van der Waals surface area contributed by atoms with Gasteiger partial charge in [0, 0.05) is 37.6 Å². The lowest BCUT2D eigenvalue weighted by molar-refractivity contribution is -0.156. The highest BCUT2D eigenvalue weighted by molar-refractivity contribution is 7.18. The van der Waals surface area contributed by atoms with Crippen LogP contribution in [0.1, 0.15) is 57.1 Å². The molecule has 0 spiro atoms. The molecule has 2 amide bonds. The molecular weight excluding hydrogens is 557 g/mol. The van der Waals surface area contributed by atoms with Crippen LogP contribution in [0.15, 0.2) is 48.1 Å². The number of carbonyl (C=O) groups excluding carboxylic acids is 3. The van der Waals surface area contributed by atoms with Crippen molar-refractivity contribution in [3.63, 3.8) is 0 Å². The molecule has 1 saturated heterocycles.